The number of nitrogens with zero attached hydrogens (tertiary/aromatic N) is 1. The van der Waals surface area contributed by atoms with Gasteiger partial charge in [-0.1, -0.05) is 15.9 Å². The van der Waals surface area contributed by atoms with Gasteiger partial charge in [0, 0.05) is 31.2 Å². The normalized spacial score (nSPS) is 11.3. The number of ether oxygens (including phenoxy) is 3. The van der Waals surface area contributed by atoms with Crippen molar-refractivity contribution in [1.29, 1.82) is 0 Å². The van der Waals surface area contributed by atoms with Crippen LogP contribution in [0.2, 0.25) is 0 Å². The van der Waals surface area contributed by atoms with Gasteiger partial charge in [-0.3, -0.25) is 4.99 Å². The molecule has 7 nitrogen and oxygen atoms in total. The summed E-state index contributed by atoms with van der Waals surface area (Å²) in [7, 11) is 4.98. The highest BCUT2D eigenvalue weighted by molar-refractivity contribution is 9.10. The van der Waals surface area contributed by atoms with E-state index in [0.29, 0.717) is 31.3 Å². The molecule has 2 aromatic rings. The topological polar surface area (TPSA) is 77.3 Å². The second-order valence-corrected chi connectivity index (χ2v) is 6.49. The molecule has 0 spiro atoms. The molecule has 0 saturated heterocycles. The van der Waals surface area contributed by atoms with Crippen LogP contribution in [-0.4, -0.2) is 40.4 Å². The van der Waals surface area contributed by atoms with Gasteiger partial charge in [0.2, 0.25) is 0 Å². The number of benzene rings is 1. The maximum atomic E-state index is 5.56. The molecule has 0 radical (unpaired) electrons. The van der Waals surface area contributed by atoms with Crippen LogP contribution in [0.4, 0.5) is 0 Å². The number of rotatable bonds is 10. The summed E-state index contributed by atoms with van der Waals surface area (Å²) in [5.74, 6) is 2.93. The smallest absolute Gasteiger partial charge is 0.191 e. The van der Waals surface area contributed by atoms with Gasteiger partial charge in [0.25, 0.3) is 0 Å². The molecular formula is C19H26BrN3O4. The van der Waals surface area contributed by atoms with Crippen LogP contribution in [0.15, 0.2) is 44.4 Å². The van der Waals surface area contributed by atoms with E-state index in [0.717, 1.165) is 34.7 Å². The van der Waals surface area contributed by atoms with Gasteiger partial charge in [0.1, 0.15) is 12.4 Å². The third-order valence-electron chi connectivity index (χ3n) is 3.80. The average molecular weight is 440 g/mol. The monoisotopic (exact) mass is 439 g/mol. The molecule has 0 aliphatic heterocycles. The summed E-state index contributed by atoms with van der Waals surface area (Å²) in [4.78, 5) is 4.23. The predicted octanol–water partition coefficient (Wildman–Crippen LogP) is 3.33. The van der Waals surface area contributed by atoms with E-state index in [9.17, 15) is 0 Å². The highest BCUT2D eigenvalue weighted by atomic mass is 79.9. The van der Waals surface area contributed by atoms with E-state index < -0.39 is 0 Å². The van der Waals surface area contributed by atoms with E-state index in [1.165, 1.54) is 0 Å². The summed E-state index contributed by atoms with van der Waals surface area (Å²) in [5, 5.41) is 6.55. The van der Waals surface area contributed by atoms with E-state index in [1.54, 1.807) is 27.5 Å². The van der Waals surface area contributed by atoms with Crippen molar-refractivity contribution in [2.24, 2.45) is 4.99 Å². The first-order chi connectivity index (χ1) is 13.2. The Labute approximate surface area is 168 Å². The predicted molar refractivity (Wildman–Crippen MR) is 108 cm³/mol. The summed E-state index contributed by atoms with van der Waals surface area (Å²) in [5.41, 5.74) is 1.04. The van der Waals surface area contributed by atoms with E-state index in [-0.39, 0.29) is 0 Å². The number of furan rings is 1. The Balaban J connectivity index is 1.72. The molecule has 148 valence electrons. The lowest BCUT2D eigenvalue weighted by molar-refractivity contribution is 0.105. The van der Waals surface area contributed by atoms with Crippen LogP contribution >= 0.6 is 15.9 Å². The molecule has 0 atom stereocenters. The number of halogens is 1. The first kappa shape index (κ1) is 21.1. The van der Waals surface area contributed by atoms with Crippen molar-refractivity contribution in [3.8, 4) is 11.5 Å². The van der Waals surface area contributed by atoms with Crippen molar-refractivity contribution in [3.05, 3.63) is 46.3 Å². The van der Waals surface area contributed by atoms with Gasteiger partial charge >= 0.3 is 0 Å². The molecule has 0 amide bonds. The zero-order valence-corrected chi connectivity index (χ0v) is 17.5. The van der Waals surface area contributed by atoms with Gasteiger partial charge in [-0.2, -0.15) is 0 Å². The van der Waals surface area contributed by atoms with Crippen LogP contribution in [0.5, 0.6) is 11.5 Å². The molecule has 27 heavy (non-hydrogen) atoms. The molecule has 0 bridgehead atoms. The Morgan fingerprint density at radius 2 is 1.96 bits per heavy atom. The second kappa shape index (κ2) is 11.5. The van der Waals surface area contributed by atoms with Crippen LogP contribution in [-0.2, 0) is 17.9 Å². The lowest BCUT2D eigenvalue weighted by Gasteiger charge is -2.15. The largest absolute Gasteiger partial charge is 0.493 e. The zero-order valence-electron chi connectivity index (χ0n) is 15.9. The van der Waals surface area contributed by atoms with E-state index in [2.05, 4.69) is 31.6 Å². The lowest BCUT2D eigenvalue weighted by atomic mass is 10.2. The average Bonchev–Trinajstić information content (AvgIpc) is 3.20. The fourth-order valence-electron chi connectivity index (χ4n) is 2.38. The number of methoxy groups -OCH3 is 2. The fraction of sp³-hybridized carbons (Fsp3) is 0.421. The van der Waals surface area contributed by atoms with E-state index in [4.69, 9.17) is 18.6 Å². The minimum absolute atomic E-state index is 0.493. The Morgan fingerprint density at radius 3 is 2.63 bits per heavy atom. The molecule has 1 aromatic heterocycles. The highest BCUT2D eigenvalue weighted by Gasteiger charge is 2.10. The fourth-order valence-corrected chi connectivity index (χ4v) is 2.84. The molecule has 1 aromatic carbocycles. The van der Waals surface area contributed by atoms with Crippen molar-refractivity contribution in [2.45, 2.75) is 19.6 Å². The number of hydrogen-bond donors (Lipinski definition) is 2. The van der Waals surface area contributed by atoms with Gasteiger partial charge in [-0.05, 0) is 36.2 Å². The third-order valence-corrected chi connectivity index (χ3v) is 4.54. The molecule has 0 aliphatic carbocycles. The molecule has 8 heteroatoms. The molecular weight excluding hydrogens is 414 g/mol. The van der Waals surface area contributed by atoms with Crippen molar-refractivity contribution in [2.75, 3.05) is 34.4 Å². The number of hydrogen-bond acceptors (Lipinski definition) is 5. The summed E-state index contributed by atoms with van der Waals surface area (Å²) >= 11 is 3.56. The van der Waals surface area contributed by atoms with Gasteiger partial charge in [-0.15, -0.1) is 0 Å². The van der Waals surface area contributed by atoms with Crippen molar-refractivity contribution >= 4 is 21.9 Å². The standard InChI is InChI=1S/C19H26BrN3O4/c1-21-19(22-7-5-8-26-13-15-6-4-9-27-15)23-12-14-10-17(24-2)18(25-3)11-16(14)20/h4,6,9-11H,5,7-8,12-13H2,1-3H3,(H2,21,22,23). The number of aliphatic imine (C=N–C) groups is 1. The molecule has 0 fully saturated rings. The molecule has 1 heterocycles. The Bertz CT molecular complexity index is 720. The third kappa shape index (κ3) is 6.80. The molecule has 0 saturated carbocycles. The first-order valence-corrected chi connectivity index (χ1v) is 9.42. The van der Waals surface area contributed by atoms with Gasteiger partial charge in [-0.25, -0.2) is 0 Å². The highest BCUT2D eigenvalue weighted by Crippen LogP contribution is 2.33. The van der Waals surface area contributed by atoms with Gasteiger partial charge < -0.3 is 29.3 Å². The van der Waals surface area contributed by atoms with Crippen LogP contribution in [0, 0.1) is 0 Å². The molecule has 2 rings (SSSR count). The Hall–Kier alpha value is -2.19. The van der Waals surface area contributed by atoms with Gasteiger partial charge in [0.05, 0.1) is 20.5 Å². The minimum atomic E-state index is 0.493. The maximum absolute atomic E-state index is 5.56. The van der Waals surface area contributed by atoms with Crippen molar-refractivity contribution in [3.63, 3.8) is 0 Å². The SMILES string of the molecule is CN=C(NCCCOCc1ccco1)NCc1cc(OC)c(OC)cc1Br. The van der Waals surface area contributed by atoms with Crippen LogP contribution in [0.1, 0.15) is 17.7 Å². The second-order valence-electron chi connectivity index (χ2n) is 5.64. The first-order valence-electron chi connectivity index (χ1n) is 8.63. The van der Waals surface area contributed by atoms with Gasteiger partial charge in [0.15, 0.2) is 17.5 Å². The maximum Gasteiger partial charge on any atom is 0.191 e. The van der Waals surface area contributed by atoms with Crippen LogP contribution in [0.25, 0.3) is 0 Å². The quantitative estimate of drug-likeness (QED) is 0.335. The molecule has 0 aliphatic rings. The summed E-state index contributed by atoms with van der Waals surface area (Å²) < 4.78 is 22.4. The van der Waals surface area contributed by atoms with E-state index in [1.807, 2.05) is 24.3 Å². The Kier molecular flexibility index (Phi) is 9.00. The summed E-state index contributed by atoms with van der Waals surface area (Å²) in [6, 6.07) is 7.58. The van der Waals surface area contributed by atoms with E-state index >= 15 is 0 Å². The lowest BCUT2D eigenvalue weighted by Crippen LogP contribution is -2.37. The molecule has 0 unspecified atom stereocenters. The summed E-state index contributed by atoms with van der Waals surface area (Å²) in [6.07, 6.45) is 2.51. The van der Waals surface area contributed by atoms with Crippen LogP contribution < -0.4 is 20.1 Å². The van der Waals surface area contributed by atoms with Crippen molar-refractivity contribution < 1.29 is 18.6 Å². The number of guanidine groups is 1. The summed E-state index contributed by atoms with van der Waals surface area (Å²) in [6.45, 7) is 2.49. The minimum Gasteiger partial charge on any atom is -0.493 e. The van der Waals surface area contributed by atoms with Crippen LogP contribution in [0.3, 0.4) is 0 Å². The number of nitrogens with one attached hydrogen (secondary N) is 2. The Morgan fingerprint density at radius 1 is 1.19 bits per heavy atom. The zero-order chi connectivity index (χ0) is 19.5. The molecule has 2 N–H and O–H groups in total. The van der Waals surface area contributed by atoms with Crippen molar-refractivity contribution in [1.82, 2.24) is 10.6 Å².